The van der Waals surface area contributed by atoms with Crippen molar-refractivity contribution in [1.29, 1.82) is 0 Å². The fraction of sp³-hybridized carbons (Fsp3) is 0.286. The second-order valence-electron chi connectivity index (χ2n) is 4.56. The van der Waals surface area contributed by atoms with Crippen LogP contribution >= 0.6 is 11.6 Å². The Hall–Kier alpha value is -1.88. The second kappa shape index (κ2) is 6.05. The summed E-state index contributed by atoms with van der Waals surface area (Å²) in [6, 6.07) is 5.54. The Bertz CT molecular complexity index is 590. The van der Waals surface area contributed by atoms with Crippen molar-refractivity contribution in [3.8, 4) is 0 Å². The predicted molar refractivity (Wildman–Crippen MR) is 74.9 cm³/mol. The topological polar surface area (TPSA) is 46.9 Å². The lowest BCUT2D eigenvalue weighted by atomic mass is 10.2. The van der Waals surface area contributed by atoms with Crippen molar-refractivity contribution >= 4 is 17.5 Å². The maximum Gasteiger partial charge on any atom is 0.244 e. The van der Waals surface area contributed by atoms with Crippen molar-refractivity contribution in [2.75, 3.05) is 0 Å². The molecule has 0 aliphatic carbocycles. The van der Waals surface area contributed by atoms with E-state index in [1.54, 1.807) is 32.2 Å². The molecule has 4 nitrogen and oxygen atoms in total. The molecule has 1 heterocycles. The molecule has 20 heavy (non-hydrogen) atoms. The number of carbonyl (C=O) groups is 1. The Morgan fingerprint density at radius 2 is 2.10 bits per heavy atom. The number of hydrogen-bond acceptors (Lipinski definition) is 2. The van der Waals surface area contributed by atoms with Gasteiger partial charge in [-0.2, -0.15) is 5.10 Å². The van der Waals surface area contributed by atoms with Crippen molar-refractivity contribution in [3.63, 3.8) is 0 Å². The molecule has 1 aromatic heterocycles. The van der Waals surface area contributed by atoms with Crippen LogP contribution in [0.1, 0.15) is 24.2 Å². The van der Waals surface area contributed by atoms with Gasteiger partial charge in [-0.1, -0.05) is 23.7 Å². The van der Waals surface area contributed by atoms with Crippen molar-refractivity contribution in [1.82, 2.24) is 15.1 Å². The quantitative estimate of drug-likeness (QED) is 0.943. The fourth-order valence-electron chi connectivity index (χ4n) is 1.72. The lowest BCUT2D eigenvalue weighted by Gasteiger charge is -2.12. The Kier molecular flexibility index (Phi) is 4.39. The Morgan fingerprint density at radius 3 is 2.65 bits per heavy atom. The smallest absolute Gasteiger partial charge is 0.244 e. The Morgan fingerprint density at radius 1 is 1.45 bits per heavy atom. The molecule has 1 amide bonds. The normalized spacial score (nSPS) is 12.2. The van der Waals surface area contributed by atoms with E-state index < -0.39 is 6.04 Å². The summed E-state index contributed by atoms with van der Waals surface area (Å²) in [6.45, 7) is 3.86. The number of nitrogens with one attached hydrogen (secondary N) is 1. The van der Waals surface area contributed by atoms with Gasteiger partial charge in [-0.3, -0.25) is 9.48 Å². The highest BCUT2D eigenvalue weighted by Gasteiger charge is 2.16. The maximum atomic E-state index is 12.8. The summed E-state index contributed by atoms with van der Waals surface area (Å²) in [5.74, 6) is -0.469. The maximum absolute atomic E-state index is 12.8. The molecule has 0 radical (unpaired) electrons. The van der Waals surface area contributed by atoms with Crippen molar-refractivity contribution in [2.45, 2.75) is 26.4 Å². The van der Waals surface area contributed by atoms with Crippen LogP contribution in [0.3, 0.4) is 0 Å². The lowest BCUT2D eigenvalue weighted by Crippen LogP contribution is -2.30. The third-order valence-electron chi connectivity index (χ3n) is 3.01. The van der Waals surface area contributed by atoms with Gasteiger partial charge in [0, 0.05) is 12.7 Å². The monoisotopic (exact) mass is 295 g/mol. The molecule has 0 saturated heterocycles. The first kappa shape index (κ1) is 14.5. The zero-order valence-corrected chi connectivity index (χ0v) is 12.0. The highest BCUT2D eigenvalue weighted by Crippen LogP contribution is 2.16. The van der Waals surface area contributed by atoms with Crippen molar-refractivity contribution in [2.24, 2.45) is 0 Å². The van der Waals surface area contributed by atoms with Gasteiger partial charge in [-0.05, 0) is 31.5 Å². The van der Waals surface area contributed by atoms with Crippen LogP contribution in [-0.2, 0) is 11.3 Å². The van der Waals surface area contributed by atoms with Crippen molar-refractivity contribution in [3.05, 3.63) is 52.6 Å². The van der Waals surface area contributed by atoms with Gasteiger partial charge in [0.2, 0.25) is 5.91 Å². The molecule has 0 bridgehead atoms. The molecule has 1 aromatic carbocycles. The number of aryl methyl sites for hydroxylation is 1. The standard InChI is InChI=1S/C14H15ClFN3O/c1-9-13(15)8-19(18-9)10(2)14(20)17-7-11-3-5-12(16)6-4-11/h3-6,8,10H,7H2,1-2H3,(H,17,20). The van der Waals surface area contributed by atoms with Gasteiger partial charge in [-0.15, -0.1) is 0 Å². The molecule has 0 fully saturated rings. The molecule has 1 atom stereocenters. The van der Waals surface area contributed by atoms with E-state index in [-0.39, 0.29) is 11.7 Å². The third-order valence-corrected chi connectivity index (χ3v) is 3.38. The zero-order chi connectivity index (χ0) is 14.7. The van der Waals surface area contributed by atoms with E-state index in [1.165, 1.54) is 16.8 Å². The minimum Gasteiger partial charge on any atom is -0.350 e. The molecule has 0 spiro atoms. The van der Waals surface area contributed by atoms with Crippen LogP contribution in [0.4, 0.5) is 4.39 Å². The van der Waals surface area contributed by atoms with E-state index in [2.05, 4.69) is 10.4 Å². The lowest BCUT2D eigenvalue weighted by molar-refractivity contribution is -0.124. The minimum atomic E-state index is -0.457. The number of halogens is 2. The third kappa shape index (κ3) is 3.36. The SMILES string of the molecule is Cc1nn(C(C)C(=O)NCc2ccc(F)cc2)cc1Cl. The number of benzene rings is 1. The molecule has 6 heteroatoms. The minimum absolute atomic E-state index is 0.173. The summed E-state index contributed by atoms with van der Waals surface area (Å²) in [5.41, 5.74) is 1.52. The summed E-state index contributed by atoms with van der Waals surface area (Å²) in [6.07, 6.45) is 1.62. The zero-order valence-electron chi connectivity index (χ0n) is 11.2. The summed E-state index contributed by atoms with van der Waals surface area (Å²) < 4.78 is 14.3. The largest absolute Gasteiger partial charge is 0.350 e. The van der Waals surface area contributed by atoms with Gasteiger partial charge in [-0.25, -0.2) is 4.39 Å². The van der Waals surface area contributed by atoms with E-state index in [1.807, 2.05) is 0 Å². The molecule has 2 aromatic rings. The highest BCUT2D eigenvalue weighted by atomic mass is 35.5. The molecule has 2 rings (SSSR count). The van der Waals surface area contributed by atoms with Crippen LogP contribution < -0.4 is 5.32 Å². The van der Waals surface area contributed by atoms with Crippen LogP contribution in [0.25, 0.3) is 0 Å². The van der Waals surface area contributed by atoms with Gasteiger partial charge in [0.25, 0.3) is 0 Å². The molecular weight excluding hydrogens is 281 g/mol. The van der Waals surface area contributed by atoms with E-state index >= 15 is 0 Å². The molecule has 1 unspecified atom stereocenters. The van der Waals surface area contributed by atoms with Crippen molar-refractivity contribution < 1.29 is 9.18 Å². The first-order valence-corrected chi connectivity index (χ1v) is 6.58. The number of nitrogens with zero attached hydrogens (tertiary/aromatic N) is 2. The van der Waals surface area contributed by atoms with E-state index in [0.29, 0.717) is 17.3 Å². The Labute approximate surface area is 121 Å². The first-order chi connectivity index (χ1) is 9.47. The molecule has 106 valence electrons. The van der Waals surface area contributed by atoms with Gasteiger partial charge in [0.1, 0.15) is 11.9 Å². The summed E-state index contributed by atoms with van der Waals surface area (Å²) in [4.78, 5) is 12.0. The summed E-state index contributed by atoms with van der Waals surface area (Å²) in [5, 5.41) is 7.48. The van der Waals surface area contributed by atoms with Crippen LogP contribution in [-0.4, -0.2) is 15.7 Å². The second-order valence-corrected chi connectivity index (χ2v) is 4.97. The number of hydrogen-bond donors (Lipinski definition) is 1. The first-order valence-electron chi connectivity index (χ1n) is 6.21. The number of aromatic nitrogens is 2. The van der Waals surface area contributed by atoms with Gasteiger partial charge in [0.15, 0.2) is 0 Å². The van der Waals surface area contributed by atoms with Gasteiger partial charge < -0.3 is 5.32 Å². The van der Waals surface area contributed by atoms with Gasteiger partial charge >= 0.3 is 0 Å². The highest BCUT2D eigenvalue weighted by molar-refractivity contribution is 6.31. The number of rotatable bonds is 4. The molecule has 0 aliphatic heterocycles. The Balaban J connectivity index is 1.96. The van der Waals surface area contributed by atoms with E-state index in [9.17, 15) is 9.18 Å². The van der Waals surface area contributed by atoms with E-state index in [0.717, 1.165) is 5.56 Å². The van der Waals surface area contributed by atoms with Crippen LogP contribution in [0, 0.1) is 12.7 Å². The predicted octanol–water partition coefficient (Wildman–Crippen LogP) is 2.86. The number of carbonyl (C=O) groups excluding carboxylic acids is 1. The molecule has 1 N–H and O–H groups in total. The fourth-order valence-corrected chi connectivity index (χ4v) is 1.85. The van der Waals surface area contributed by atoms with Crippen LogP contribution in [0.15, 0.2) is 30.5 Å². The molecule has 0 aliphatic rings. The van der Waals surface area contributed by atoms with Crippen LogP contribution in [0.5, 0.6) is 0 Å². The molecular formula is C14H15ClFN3O. The summed E-state index contributed by atoms with van der Waals surface area (Å²) in [7, 11) is 0. The van der Waals surface area contributed by atoms with Gasteiger partial charge in [0.05, 0.1) is 10.7 Å². The number of amides is 1. The summed E-state index contributed by atoms with van der Waals surface area (Å²) >= 11 is 5.92. The van der Waals surface area contributed by atoms with Crippen LogP contribution in [0.2, 0.25) is 5.02 Å². The average Bonchev–Trinajstić information content (AvgIpc) is 2.77. The van der Waals surface area contributed by atoms with E-state index in [4.69, 9.17) is 11.6 Å². The average molecular weight is 296 g/mol. The molecule has 0 saturated carbocycles.